The SMILES string of the molecule is Cc1nn(C)c(C)c1C1CCCN1c1c([N+](=O)[O-])cc(C(F)(F)F)cc1[N+](=O)[O-]. The third-order valence-corrected chi connectivity index (χ3v) is 5.23. The smallest absolute Gasteiger partial charge is 0.353 e. The fourth-order valence-electron chi connectivity index (χ4n) is 3.95. The van der Waals surface area contributed by atoms with E-state index in [0.29, 0.717) is 30.7 Å². The van der Waals surface area contributed by atoms with Crippen molar-refractivity contribution < 1.29 is 23.0 Å². The summed E-state index contributed by atoms with van der Waals surface area (Å²) >= 11 is 0. The molecule has 0 spiro atoms. The Bertz CT molecular complexity index is 967. The molecular weight excluding hydrogens is 395 g/mol. The molecule has 1 saturated heterocycles. The van der Waals surface area contributed by atoms with Gasteiger partial charge in [-0.25, -0.2) is 0 Å². The van der Waals surface area contributed by atoms with Crippen molar-refractivity contribution in [1.82, 2.24) is 9.78 Å². The quantitative estimate of drug-likeness (QED) is 0.549. The molecular formula is C17H18F3N5O4. The molecule has 0 radical (unpaired) electrons. The summed E-state index contributed by atoms with van der Waals surface area (Å²) in [6.45, 7) is 3.81. The van der Waals surface area contributed by atoms with Crippen LogP contribution in [0.15, 0.2) is 12.1 Å². The Morgan fingerprint density at radius 1 is 1.14 bits per heavy atom. The molecule has 1 atom stereocenters. The van der Waals surface area contributed by atoms with Crippen LogP contribution in [0.2, 0.25) is 0 Å². The Labute approximate surface area is 163 Å². The average Bonchev–Trinajstić information content (AvgIpc) is 3.17. The molecule has 29 heavy (non-hydrogen) atoms. The molecule has 2 aromatic rings. The van der Waals surface area contributed by atoms with E-state index < -0.39 is 44.7 Å². The molecule has 1 aliphatic rings. The molecule has 0 bridgehead atoms. The van der Waals surface area contributed by atoms with Gasteiger partial charge in [0.25, 0.3) is 11.4 Å². The molecule has 1 fully saturated rings. The van der Waals surface area contributed by atoms with Gasteiger partial charge in [-0.05, 0) is 26.7 Å². The maximum absolute atomic E-state index is 13.2. The van der Waals surface area contributed by atoms with E-state index in [2.05, 4.69) is 5.10 Å². The van der Waals surface area contributed by atoms with E-state index in [1.165, 1.54) is 4.90 Å². The van der Waals surface area contributed by atoms with Crippen LogP contribution in [0, 0.1) is 34.1 Å². The maximum atomic E-state index is 13.2. The van der Waals surface area contributed by atoms with E-state index in [-0.39, 0.29) is 6.54 Å². The van der Waals surface area contributed by atoms with Crippen molar-refractivity contribution in [3.63, 3.8) is 0 Å². The highest BCUT2D eigenvalue weighted by atomic mass is 19.4. The molecule has 1 aromatic carbocycles. The topological polar surface area (TPSA) is 107 Å². The molecule has 1 unspecified atom stereocenters. The van der Waals surface area contributed by atoms with Crippen LogP contribution in [0.25, 0.3) is 0 Å². The predicted octanol–water partition coefficient (Wildman–Crippen LogP) is 4.21. The number of anilines is 1. The van der Waals surface area contributed by atoms with Crippen molar-refractivity contribution in [2.45, 2.75) is 38.9 Å². The highest BCUT2D eigenvalue weighted by molar-refractivity contribution is 5.77. The molecule has 3 rings (SSSR count). The van der Waals surface area contributed by atoms with Crippen molar-refractivity contribution in [3.05, 3.63) is 54.9 Å². The minimum Gasteiger partial charge on any atom is -0.353 e. The highest BCUT2D eigenvalue weighted by Gasteiger charge is 2.42. The van der Waals surface area contributed by atoms with Crippen molar-refractivity contribution >= 4 is 17.1 Å². The van der Waals surface area contributed by atoms with Gasteiger partial charge < -0.3 is 4.90 Å². The molecule has 12 heteroatoms. The minimum absolute atomic E-state index is 0.242. The van der Waals surface area contributed by atoms with Crippen molar-refractivity contribution in [1.29, 1.82) is 0 Å². The molecule has 0 N–H and O–H groups in total. The minimum atomic E-state index is -4.95. The molecule has 156 valence electrons. The zero-order valence-electron chi connectivity index (χ0n) is 15.9. The van der Waals surface area contributed by atoms with Gasteiger partial charge in [0.1, 0.15) is 0 Å². The third kappa shape index (κ3) is 3.49. The van der Waals surface area contributed by atoms with E-state index in [0.717, 1.165) is 11.3 Å². The normalized spacial score (nSPS) is 17.0. The number of nitro groups is 2. The van der Waals surface area contributed by atoms with Gasteiger partial charge in [0.15, 0.2) is 5.69 Å². The number of benzene rings is 1. The standard InChI is InChI=1S/C17H18F3N5O4/c1-9-15(10(2)22(3)21-9)12-5-4-6-23(12)16-13(24(26)27)7-11(17(18,19)20)8-14(16)25(28)29/h7-8,12H,4-6H2,1-3H3. The molecule has 0 amide bonds. The fraction of sp³-hybridized carbons (Fsp3) is 0.471. The van der Waals surface area contributed by atoms with Crippen LogP contribution >= 0.6 is 0 Å². The van der Waals surface area contributed by atoms with Gasteiger partial charge in [0.2, 0.25) is 0 Å². The Morgan fingerprint density at radius 2 is 1.69 bits per heavy atom. The summed E-state index contributed by atoms with van der Waals surface area (Å²) in [6, 6.07) is 0.263. The van der Waals surface area contributed by atoms with Gasteiger partial charge in [0.05, 0.1) is 27.1 Å². The molecule has 0 aliphatic carbocycles. The molecule has 1 aliphatic heterocycles. The number of aryl methyl sites for hydroxylation is 2. The summed E-state index contributed by atoms with van der Waals surface area (Å²) in [4.78, 5) is 22.6. The summed E-state index contributed by atoms with van der Waals surface area (Å²) < 4.78 is 41.1. The van der Waals surface area contributed by atoms with Gasteiger partial charge in [0, 0.05) is 37.0 Å². The Morgan fingerprint density at radius 3 is 2.10 bits per heavy atom. The highest BCUT2D eigenvalue weighted by Crippen LogP contribution is 2.48. The number of nitrogens with zero attached hydrogens (tertiary/aromatic N) is 5. The van der Waals surface area contributed by atoms with E-state index in [1.54, 1.807) is 25.6 Å². The van der Waals surface area contributed by atoms with Gasteiger partial charge in [-0.2, -0.15) is 18.3 Å². The summed E-state index contributed by atoms with van der Waals surface area (Å²) in [7, 11) is 1.73. The number of rotatable bonds is 4. The number of hydrogen-bond donors (Lipinski definition) is 0. The summed E-state index contributed by atoms with van der Waals surface area (Å²) in [5.74, 6) is 0. The zero-order chi connectivity index (χ0) is 21.7. The first-order valence-electron chi connectivity index (χ1n) is 8.74. The number of nitro benzene ring substituents is 2. The Hall–Kier alpha value is -3.18. The first-order valence-corrected chi connectivity index (χ1v) is 8.74. The third-order valence-electron chi connectivity index (χ3n) is 5.23. The zero-order valence-corrected chi connectivity index (χ0v) is 15.9. The van der Waals surface area contributed by atoms with Crippen LogP contribution < -0.4 is 4.90 Å². The van der Waals surface area contributed by atoms with E-state index in [9.17, 15) is 33.4 Å². The second-order valence-corrected chi connectivity index (χ2v) is 6.93. The summed E-state index contributed by atoms with van der Waals surface area (Å²) in [6.07, 6.45) is -3.83. The second-order valence-electron chi connectivity index (χ2n) is 6.93. The van der Waals surface area contributed by atoms with Gasteiger partial charge in [-0.1, -0.05) is 0 Å². The first-order chi connectivity index (χ1) is 13.4. The molecule has 2 heterocycles. The monoisotopic (exact) mass is 413 g/mol. The largest absolute Gasteiger partial charge is 0.416 e. The average molecular weight is 413 g/mol. The van der Waals surface area contributed by atoms with Crippen LogP contribution in [-0.4, -0.2) is 26.2 Å². The number of aromatic nitrogens is 2. The number of hydrogen-bond acceptors (Lipinski definition) is 6. The van der Waals surface area contributed by atoms with Crippen LogP contribution in [-0.2, 0) is 13.2 Å². The first kappa shape index (κ1) is 20.6. The van der Waals surface area contributed by atoms with Gasteiger partial charge >= 0.3 is 6.18 Å². The number of alkyl halides is 3. The lowest BCUT2D eigenvalue weighted by atomic mass is 10.0. The lowest BCUT2D eigenvalue weighted by Gasteiger charge is -2.27. The van der Waals surface area contributed by atoms with E-state index in [4.69, 9.17) is 0 Å². The van der Waals surface area contributed by atoms with Crippen LogP contribution in [0.1, 0.15) is 41.4 Å². The van der Waals surface area contributed by atoms with Gasteiger partial charge in [-0.3, -0.25) is 24.9 Å². The Kier molecular flexibility index (Phi) is 4.97. The van der Waals surface area contributed by atoms with Crippen molar-refractivity contribution in [3.8, 4) is 0 Å². The van der Waals surface area contributed by atoms with Crippen LogP contribution in [0.3, 0.4) is 0 Å². The van der Waals surface area contributed by atoms with E-state index >= 15 is 0 Å². The van der Waals surface area contributed by atoms with E-state index in [1.807, 2.05) is 0 Å². The number of halogens is 3. The summed E-state index contributed by atoms with van der Waals surface area (Å²) in [5.41, 5.74) is -1.47. The lowest BCUT2D eigenvalue weighted by molar-refractivity contribution is -0.393. The predicted molar refractivity (Wildman–Crippen MR) is 96.8 cm³/mol. The van der Waals surface area contributed by atoms with Crippen molar-refractivity contribution in [2.24, 2.45) is 7.05 Å². The Balaban J connectivity index is 2.26. The molecule has 9 nitrogen and oxygen atoms in total. The van der Waals surface area contributed by atoms with Crippen molar-refractivity contribution in [2.75, 3.05) is 11.4 Å². The lowest BCUT2D eigenvalue weighted by Crippen LogP contribution is -2.25. The van der Waals surface area contributed by atoms with Gasteiger partial charge in [-0.15, -0.1) is 0 Å². The maximum Gasteiger partial charge on any atom is 0.416 e. The summed E-state index contributed by atoms with van der Waals surface area (Å²) in [5, 5.41) is 27.5. The fourth-order valence-corrected chi connectivity index (χ4v) is 3.95. The second kappa shape index (κ2) is 7.01. The molecule has 1 aromatic heterocycles. The molecule has 0 saturated carbocycles. The van der Waals surface area contributed by atoms with Crippen LogP contribution in [0.4, 0.5) is 30.2 Å². The van der Waals surface area contributed by atoms with Crippen LogP contribution in [0.5, 0.6) is 0 Å².